The lowest BCUT2D eigenvalue weighted by atomic mass is 9.86. The Morgan fingerprint density at radius 2 is 1.81 bits per heavy atom. The molecule has 26 heavy (non-hydrogen) atoms. The van der Waals surface area contributed by atoms with E-state index in [0.717, 1.165) is 11.8 Å². The van der Waals surface area contributed by atoms with Crippen molar-refractivity contribution in [3.63, 3.8) is 0 Å². The summed E-state index contributed by atoms with van der Waals surface area (Å²) in [6.07, 6.45) is 5.78. The number of rotatable bonds is 4. The zero-order chi connectivity index (χ0) is 18.3. The van der Waals surface area contributed by atoms with E-state index < -0.39 is 10.0 Å². The molecule has 1 heterocycles. The predicted octanol–water partition coefficient (Wildman–Crippen LogP) is 3.00. The van der Waals surface area contributed by atoms with E-state index in [4.69, 9.17) is 11.6 Å². The fourth-order valence-electron chi connectivity index (χ4n) is 4.95. The first-order valence-corrected chi connectivity index (χ1v) is 11.3. The number of amides is 1. The number of fused-ring (bicyclic) bond motifs is 2. The van der Waals surface area contributed by atoms with E-state index in [2.05, 4.69) is 0 Å². The minimum Gasteiger partial charge on any atom is -0.340 e. The van der Waals surface area contributed by atoms with Gasteiger partial charge >= 0.3 is 0 Å². The van der Waals surface area contributed by atoms with Crippen LogP contribution in [0.25, 0.3) is 0 Å². The second-order valence-electron chi connectivity index (χ2n) is 7.85. The van der Waals surface area contributed by atoms with Gasteiger partial charge in [0.05, 0.1) is 5.02 Å². The van der Waals surface area contributed by atoms with Crippen molar-refractivity contribution in [2.45, 2.75) is 37.0 Å². The van der Waals surface area contributed by atoms with Crippen LogP contribution in [0.15, 0.2) is 29.2 Å². The number of nitrogens with zero attached hydrogens (tertiary/aromatic N) is 2. The smallest absolute Gasteiger partial charge is 0.244 e. The minimum atomic E-state index is -3.61. The molecule has 1 aromatic carbocycles. The van der Waals surface area contributed by atoms with E-state index >= 15 is 0 Å². The Labute approximate surface area is 160 Å². The van der Waals surface area contributed by atoms with Crippen LogP contribution in [0.3, 0.4) is 0 Å². The third kappa shape index (κ3) is 3.39. The van der Waals surface area contributed by atoms with Gasteiger partial charge in [-0.25, -0.2) is 8.42 Å². The second-order valence-corrected chi connectivity index (χ2v) is 10.2. The molecule has 2 saturated carbocycles. The maximum Gasteiger partial charge on any atom is 0.244 e. The van der Waals surface area contributed by atoms with Crippen LogP contribution in [0.5, 0.6) is 0 Å². The zero-order valence-electron chi connectivity index (χ0n) is 14.8. The molecule has 3 atom stereocenters. The molecule has 0 unspecified atom stereocenters. The van der Waals surface area contributed by atoms with E-state index in [-0.39, 0.29) is 15.8 Å². The maximum atomic E-state index is 12.8. The Hall–Kier alpha value is -1.11. The van der Waals surface area contributed by atoms with Gasteiger partial charge in [0.2, 0.25) is 15.9 Å². The monoisotopic (exact) mass is 396 g/mol. The summed E-state index contributed by atoms with van der Waals surface area (Å²) in [6.45, 7) is 1.58. The number of halogens is 1. The normalized spacial score (nSPS) is 29.3. The molecule has 1 saturated heterocycles. The van der Waals surface area contributed by atoms with Gasteiger partial charge in [-0.1, -0.05) is 30.2 Å². The van der Waals surface area contributed by atoms with Crippen LogP contribution in [0.4, 0.5) is 0 Å². The van der Waals surface area contributed by atoms with E-state index in [9.17, 15) is 13.2 Å². The second kappa shape index (κ2) is 7.13. The average Bonchev–Trinajstić information content (AvgIpc) is 3.25. The van der Waals surface area contributed by atoms with Crippen molar-refractivity contribution in [2.75, 3.05) is 26.2 Å². The third-order valence-corrected chi connectivity index (χ3v) is 8.77. The molecule has 0 spiro atoms. The molecule has 142 valence electrons. The average molecular weight is 397 g/mol. The lowest BCUT2D eigenvalue weighted by Crippen LogP contribution is -2.50. The van der Waals surface area contributed by atoms with E-state index in [1.54, 1.807) is 18.2 Å². The molecular weight excluding hydrogens is 372 g/mol. The first-order valence-electron chi connectivity index (χ1n) is 9.47. The Morgan fingerprint density at radius 1 is 1.08 bits per heavy atom. The predicted molar refractivity (Wildman–Crippen MR) is 100 cm³/mol. The third-order valence-electron chi connectivity index (χ3n) is 6.37. The molecule has 3 fully saturated rings. The summed E-state index contributed by atoms with van der Waals surface area (Å²) in [4.78, 5) is 14.6. The lowest BCUT2D eigenvalue weighted by Gasteiger charge is -2.35. The summed E-state index contributed by atoms with van der Waals surface area (Å²) in [7, 11) is -3.61. The molecule has 3 aliphatic rings. The number of carbonyl (C=O) groups excluding carboxylic acids is 1. The zero-order valence-corrected chi connectivity index (χ0v) is 16.4. The van der Waals surface area contributed by atoms with Gasteiger partial charge in [0, 0.05) is 32.6 Å². The number of piperazine rings is 1. The van der Waals surface area contributed by atoms with E-state index in [1.165, 1.54) is 36.1 Å². The standard InChI is InChI=1S/C19H25ClN2O3S/c20-17-3-1-2-4-18(17)26(24,25)22-9-7-21(8-10-22)19(23)13-16-12-14-5-6-15(16)11-14/h1-4,14-16H,5-13H2/t14-,15+,16-/m0/s1. The topological polar surface area (TPSA) is 57.7 Å². The van der Waals surface area contributed by atoms with Crippen molar-refractivity contribution in [3.8, 4) is 0 Å². The summed E-state index contributed by atoms with van der Waals surface area (Å²) in [6, 6.07) is 6.51. The highest BCUT2D eigenvalue weighted by atomic mass is 35.5. The molecular formula is C19H25ClN2O3S. The molecule has 4 rings (SSSR count). The molecule has 1 amide bonds. The van der Waals surface area contributed by atoms with Gasteiger partial charge in [0.1, 0.15) is 4.90 Å². The molecule has 0 radical (unpaired) electrons. The van der Waals surface area contributed by atoms with Gasteiger partial charge in [-0.2, -0.15) is 4.31 Å². The van der Waals surface area contributed by atoms with Gasteiger partial charge in [0.15, 0.2) is 0 Å². The molecule has 1 aliphatic heterocycles. The highest BCUT2D eigenvalue weighted by Gasteiger charge is 2.41. The van der Waals surface area contributed by atoms with Crippen molar-refractivity contribution in [2.24, 2.45) is 17.8 Å². The van der Waals surface area contributed by atoms with Crippen molar-refractivity contribution < 1.29 is 13.2 Å². The summed E-state index contributed by atoms with van der Waals surface area (Å²) in [5.74, 6) is 2.32. The molecule has 5 nitrogen and oxygen atoms in total. The first kappa shape index (κ1) is 18.3. The van der Waals surface area contributed by atoms with Crippen LogP contribution in [0.2, 0.25) is 5.02 Å². The van der Waals surface area contributed by atoms with Crippen LogP contribution in [-0.2, 0) is 14.8 Å². The van der Waals surface area contributed by atoms with Crippen LogP contribution in [0, 0.1) is 17.8 Å². The molecule has 0 N–H and O–H groups in total. The van der Waals surface area contributed by atoms with E-state index in [0.29, 0.717) is 38.5 Å². The summed E-state index contributed by atoms with van der Waals surface area (Å²) in [5, 5.41) is 0.238. The molecule has 2 aliphatic carbocycles. The fourth-order valence-corrected chi connectivity index (χ4v) is 6.87. The first-order chi connectivity index (χ1) is 12.4. The largest absolute Gasteiger partial charge is 0.340 e. The summed E-state index contributed by atoms with van der Waals surface area (Å²) >= 11 is 6.06. The van der Waals surface area contributed by atoms with Gasteiger partial charge in [-0.15, -0.1) is 0 Å². The number of carbonyl (C=O) groups is 1. The fraction of sp³-hybridized carbons (Fsp3) is 0.632. The van der Waals surface area contributed by atoms with Crippen LogP contribution < -0.4 is 0 Å². The SMILES string of the molecule is O=C(C[C@@H]1C[C@H]2CC[C@@H]1C2)N1CCN(S(=O)(=O)c2ccccc2Cl)CC1. The number of hydrogen-bond donors (Lipinski definition) is 0. The number of sulfonamides is 1. The maximum absolute atomic E-state index is 12.8. The van der Waals surface area contributed by atoms with Crippen LogP contribution in [0.1, 0.15) is 32.1 Å². The summed E-state index contributed by atoms with van der Waals surface area (Å²) < 4.78 is 27.0. The Balaban J connectivity index is 1.35. The van der Waals surface area contributed by atoms with Crippen molar-refractivity contribution in [1.82, 2.24) is 9.21 Å². The van der Waals surface area contributed by atoms with E-state index in [1.807, 2.05) is 4.90 Å². The molecule has 7 heteroatoms. The van der Waals surface area contributed by atoms with Gasteiger partial charge in [-0.05, 0) is 49.1 Å². The Bertz CT molecular complexity index is 790. The van der Waals surface area contributed by atoms with Crippen molar-refractivity contribution >= 4 is 27.5 Å². The van der Waals surface area contributed by atoms with Crippen molar-refractivity contribution in [1.29, 1.82) is 0 Å². The van der Waals surface area contributed by atoms with Gasteiger partial charge in [0.25, 0.3) is 0 Å². The number of hydrogen-bond acceptors (Lipinski definition) is 3. The van der Waals surface area contributed by atoms with Gasteiger partial charge < -0.3 is 4.90 Å². The lowest BCUT2D eigenvalue weighted by molar-refractivity contribution is -0.133. The highest BCUT2D eigenvalue weighted by molar-refractivity contribution is 7.89. The quantitative estimate of drug-likeness (QED) is 0.786. The summed E-state index contributed by atoms with van der Waals surface area (Å²) in [5.41, 5.74) is 0. The van der Waals surface area contributed by atoms with Crippen LogP contribution in [-0.4, -0.2) is 49.7 Å². The molecule has 2 bridgehead atoms. The minimum absolute atomic E-state index is 0.142. The van der Waals surface area contributed by atoms with Crippen molar-refractivity contribution in [3.05, 3.63) is 29.3 Å². The van der Waals surface area contributed by atoms with Gasteiger partial charge in [-0.3, -0.25) is 4.79 Å². The Morgan fingerprint density at radius 3 is 2.42 bits per heavy atom. The number of benzene rings is 1. The highest BCUT2D eigenvalue weighted by Crippen LogP contribution is 2.49. The molecule has 1 aromatic rings. The van der Waals surface area contributed by atoms with Crippen LogP contribution >= 0.6 is 11.6 Å². The Kier molecular flexibility index (Phi) is 5.01. The molecule has 0 aromatic heterocycles.